The fourth-order valence-corrected chi connectivity index (χ4v) is 2.92. The molecule has 0 unspecified atom stereocenters. The standard InChI is InChI=1S/C12H7NO3S/c14-10-5-7(12(15)16)6-11-13(10)8-3-1-2-4-9(8)17-11/h1-6H,(H,15,16). The molecule has 4 nitrogen and oxygen atoms in total. The summed E-state index contributed by atoms with van der Waals surface area (Å²) in [6.07, 6.45) is 0. The van der Waals surface area contributed by atoms with E-state index in [9.17, 15) is 9.59 Å². The number of carboxylic acids is 1. The van der Waals surface area contributed by atoms with E-state index in [-0.39, 0.29) is 11.1 Å². The molecule has 17 heavy (non-hydrogen) atoms. The minimum absolute atomic E-state index is 0.0292. The van der Waals surface area contributed by atoms with E-state index in [1.807, 2.05) is 24.3 Å². The van der Waals surface area contributed by atoms with Crippen LogP contribution in [-0.2, 0) is 0 Å². The van der Waals surface area contributed by atoms with Gasteiger partial charge < -0.3 is 5.11 Å². The molecule has 0 saturated carbocycles. The highest BCUT2D eigenvalue weighted by Crippen LogP contribution is 2.25. The third kappa shape index (κ3) is 1.43. The molecule has 5 heteroatoms. The van der Waals surface area contributed by atoms with Crippen molar-refractivity contribution in [1.29, 1.82) is 0 Å². The van der Waals surface area contributed by atoms with Crippen LogP contribution in [0, 0.1) is 0 Å². The minimum Gasteiger partial charge on any atom is -0.478 e. The Labute approximate surface area is 99.4 Å². The maximum absolute atomic E-state index is 11.9. The van der Waals surface area contributed by atoms with Crippen molar-refractivity contribution in [3.8, 4) is 0 Å². The number of rotatable bonds is 1. The number of hydrogen-bond acceptors (Lipinski definition) is 3. The second-order valence-electron chi connectivity index (χ2n) is 3.63. The lowest BCUT2D eigenvalue weighted by molar-refractivity contribution is 0.0697. The van der Waals surface area contributed by atoms with Crippen molar-refractivity contribution >= 4 is 32.4 Å². The summed E-state index contributed by atoms with van der Waals surface area (Å²) in [6, 6.07) is 10.2. The van der Waals surface area contributed by atoms with Crippen LogP contribution in [0.3, 0.4) is 0 Å². The largest absolute Gasteiger partial charge is 0.478 e. The van der Waals surface area contributed by atoms with E-state index < -0.39 is 5.97 Å². The topological polar surface area (TPSA) is 58.8 Å². The summed E-state index contributed by atoms with van der Waals surface area (Å²) >= 11 is 1.41. The van der Waals surface area contributed by atoms with Crippen LogP contribution < -0.4 is 5.56 Å². The van der Waals surface area contributed by atoms with Crippen molar-refractivity contribution in [2.45, 2.75) is 0 Å². The van der Waals surface area contributed by atoms with Crippen LogP contribution in [0.5, 0.6) is 0 Å². The van der Waals surface area contributed by atoms with Crippen LogP contribution in [0.1, 0.15) is 10.4 Å². The van der Waals surface area contributed by atoms with Gasteiger partial charge in [-0.2, -0.15) is 0 Å². The number of para-hydroxylation sites is 1. The fraction of sp³-hybridized carbons (Fsp3) is 0. The van der Waals surface area contributed by atoms with E-state index in [0.29, 0.717) is 4.83 Å². The Bertz CT molecular complexity index is 800. The van der Waals surface area contributed by atoms with E-state index in [1.165, 1.54) is 21.8 Å². The molecule has 0 aliphatic carbocycles. The number of aromatic nitrogens is 1. The maximum atomic E-state index is 11.9. The van der Waals surface area contributed by atoms with Crippen molar-refractivity contribution in [1.82, 2.24) is 4.40 Å². The van der Waals surface area contributed by atoms with Crippen LogP contribution in [0.4, 0.5) is 0 Å². The molecule has 0 fully saturated rings. The second-order valence-corrected chi connectivity index (χ2v) is 4.69. The minimum atomic E-state index is -1.08. The lowest BCUT2D eigenvalue weighted by atomic mass is 10.2. The molecular formula is C12H7NO3S. The average Bonchev–Trinajstić information content (AvgIpc) is 2.67. The molecule has 0 aliphatic heterocycles. The normalized spacial score (nSPS) is 11.1. The number of benzene rings is 1. The number of carbonyl (C=O) groups is 1. The first kappa shape index (κ1) is 10.0. The van der Waals surface area contributed by atoms with Gasteiger partial charge in [0.05, 0.1) is 15.8 Å². The molecule has 2 aromatic heterocycles. The molecule has 0 amide bonds. The Kier molecular flexibility index (Phi) is 2.02. The molecule has 0 atom stereocenters. The maximum Gasteiger partial charge on any atom is 0.335 e. The Morgan fingerprint density at radius 3 is 2.76 bits per heavy atom. The molecular weight excluding hydrogens is 238 g/mol. The molecule has 3 aromatic rings. The van der Waals surface area contributed by atoms with Gasteiger partial charge in [0.15, 0.2) is 0 Å². The van der Waals surface area contributed by atoms with Gasteiger partial charge >= 0.3 is 5.97 Å². The Hall–Kier alpha value is -2.14. The first-order valence-electron chi connectivity index (χ1n) is 4.94. The van der Waals surface area contributed by atoms with Gasteiger partial charge in [-0.1, -0.05) is 12.1 Å². The Balaban J connectivity index is 2.53. The van der Waals surface area contributed by atoms with Gasteiger partial charge in [-0.25, -0.2) is 4.79 Å². The number of hydrogen-bond donors (Lipinski definition) is 1. The third-order valence-corrected chi connectivity index (χ3v) is 3.64. The van der Waals surface area contributed by atoms with Crippen LogP contribution in [-0.4, -0.2) is 15.5 Å². The molecule has 0 spiro atoms. The summed E-state index contributed by atoms with van der Waals surface area (Å²) in [5.41, 5.74) is 0.536. The monoisotopic (exact) mass is 245 g/mol. The molecule has 2 heterocycles. The van der Waals surface area contributed by atoms with Crippen molar-refractivity contribution in [3.63, 3.8) is 0 Å². The van der Waals surface area contributed by atoms with E-state index in [1.54, 1.807) is 0 Å². The molecule has 1 N–H and O–H groups in total. The van der Waals surface area contributed by atoms with Crippen LogP contribution in [0.15, 0.2) is 41.2 Å². The summed E-state index contributed by atoms with van der Waals surface area (Å²) < 4.78 is 2.50. The van der Waals surface area contributed by atoms with Crippen molar-refractivity contribution in [2.75, 3.05) is 0 Å². The zero-order valence-corrected chi connectivity index (χ0v) is 9.40. The molecule has 84 valence electrons. The summed E-state index contributed by atoms with van der Waals surface area (Å²) in [5, 5.41) is 8.90. The van der Waals surface area contributed by atoms with E-state index in [2.05, 4.69) is 0 Å². The second kappa shape index (κ2) is 3.43. The number of carboxylic acid groups (broad SMARTS) is 1. The van der Waals surface area contributed by atoms with Gasteiger partial charge in [0, 0.05) is 6.07 Å². The predicted octanol–water partition coefficient (Wildman–Crippen LogP) is 2.21. The fourth-order valence-electron chi connectivity index (χ4n) is 1.82. The van der Waals surface area contributed by atoms with Gasteiger partial charge in [0.1, 0.15) is 4.83 Å². The number of aromatic carboxylic acids is 1. The Morgan fingerprint density at radius 1 is 1.24 bits per heavy atom. The number of pyridine rings is 1. The lowest BCUT2D eigenvalue weighted by Gasteiger charge is -1.96. The van der Waals surface area contributed by atoms with Crippen molar-refractivity contribution in [2.24, 2.45) is 0 Å². The van der Waals surface area contributed by atoms with Gasteiger partial charge in [-0.05, 0) is 18.2 Å². The Morgan fingerprint density at radius 2 is 2.00 bits per heavy atom. The van der Waals surface area contributed by atoms with Gasteiger partial charge in [0.2, 0.25) is 0 Å². The van der Waals surface area contributed by atoms with Crippen LogP contribution in [0.2, 0.25) is 0 Å². The predicted molar refractivity (Wildman–Crippen MR) is 66.0 cm³/mol. The number of fused-ring (bicyclic) bond motifs is 3. The van der Waals surface area contributed by atoms with Gasteiger partial charge in [0.25, 0.3) is 5.56 Å². The summed E-state index contributed by atoms with van der Waals surface area (Å²) in [5.74, 6) is -1.08. The molecule has 0 aliphatic rings. The van der Waals surface area contributed by atoms with Gasteiger partial charge in [-0.3, -0.25) is 9.20 Å². The summed E-state index contributed by atoms with van der Waals surface area (Å²) in [7, 11) is 0. The van der Waals surface area contributed by atoms with Crippen LogP contribution >= 0.6 is 11.3 Å². The average molecular weight is 245 g/mol. The lowest BCUT2D eigenvalue weighted by Crippen LogP contribution is -2.13. The van der Waals surface area contributed by atoms with E-state index in [4.69, 9.17) is 5.11 Å². The van der Waals surface area contributed by atoms with Gasteiger partial charge in [-0.15, -0.1) is 11.3 Å². The molecule has 1 aromatic carbocycles. The quantitative estimate of drug-likeness (QED) is 0.715. The third-order valence-electron chi connectivity index (χ3n) is 2.57. The van der Waals surface area contributed by atoms with E-state index >= 15 is 0 Å². The number of thiazole rings is 1. The van der Waals surface area contributed by atoms with Crippen LogP contribution in [0.25, 0.3) is 15.0 Å². The molecule has 0 saturated heterocycles. The summed E-state index contributed by atoms with van der Waals surface area (Å²) in [4.78, 5) is 23.4. The highest BCUT2D eigenvalue weighted by Gasteiger charge is 2.10. The number of nitrogens with zero attached hydrogens (tertiary/aromatic N) is 1. The highest BCUT2D eigenvalue weighted by atomic mass is 32.1. The molecule has 0 bridgehead atoms. The molecule has 3 rings (SSSR count). The molecule has 0 radical (unpaired) electrons. The van der Waals surface area contributed by atoms with Crippen molar-refractivity contribution in [3.05, 3.63) is 52.3 Å². The summed E-state index contributed by atoms with van der Waals surface area (Å²) in [6.45, 7) is 0. The zero-order chi connectivity index (χ0) is 12.0. The SMILES string of the molecule is O=C(O)c1cc(=O)n2c(c1)sc1ccccc12. The first-order valence-corrected chi connectivity index (χ1v) is 5.76. The smallest absolute Gasteiger partial charge is 0.335 e. The highest BCUT2D eigenvalue weighted by molar-refractivity contribution is 7.23. The first-order chi connectivity index (χ1) is 8.16. The van der Waals surface area contributed by atoms with E-state index in [0.717, 1.165) is 16.3 Å². The van der Waals surface area contributed by atoms with Crippen molar-refractivity contribution < 1.29 is 9.90 Å². The zero-order valence-electron chi connectivity index (χ0n) is 8.58.